The smallest absolute Gasteiger partial charge is 0.312 e. The summed E-state index contributed by atoms with van der Waals surface area (Å²) in [6.45, 7) is 0. The zero-order valence-corrected chi connectivity index (χ0v) is 8.66. The van der Waals surface area contributed by atoms with E-state index in [2.05, 4.69) is 5.32 Å². The lowest BCUT2D eigenvalue weighted by molar-refractivity contribution is -0.142. The molecule has 0 aliphatic heterocycles. The third-order valence-corrected chi connectivity index (χ3v) is 4.38. The van der Waals surface area contributed by atoms with Gasteiger partial charge in [-0.25, -0.2) is 4.79 Å². The SMILES string of the molecule is NC(=O)NC12CC3CC(C1)C(=O)C(C3)C2. The first-order valence-electron chi connectivity index (χ1n) is 5.69. The number of hydrogen-bond acceptors (Lipinski definition) is 2. The Hall–Kier alpha value is -1.06. The molecule has 3 N–H and O–H groups in total. The lowest BCUT2D eigenvalue weighted by atomic mass is 9.52. The number of nitrogens with two attached hydrogens (primary N) is 1. The van der Waals surface area contributed by atoms with Gasteiger partial charge in [0.05, 0.1) is 0 Å². The maximum atomic E-state index is 11.9. The van der Waals surface area contributed by atoms with Crippen LogP contribution in [0.3, 0.4) is 0 Å². The Morgan fingerprint density at radius 1 is 1.27 bits per heavy atom. The van der Waals surface area contributed by atoms with Crippen LogP contribution in [0.25, 0.3) is 0 Å². The summed E-state index contributed by atoms with van der Waals surface area (Å²) in [7, 11) is 0. The van der Waals surface area contributed by atoms with Gasteiger partial charge in [-0.3, -0.25) is 4.79 Å². The summed E-state index contributed by atoms with van der Waals surface area (Å²) in [4.78, 5) is 22.8. The molecule has 0 radical (unpaired) electrons. The molecule has 4 saturated carbocycles. The average molecular weight is 208 g/mol. The summed E-state index contributed by atoms with van der Waals surface area (Å²) in [6.07, 6.45) is 4.74. The van der Waals surface area contributed by atoms with Gasteiger partial charge >= 0.3 is 6.03 Å². The number of carbonyl (C=O) groups is 2. The van der Waals surface area contributed by atoms with Crippen LogP contribution >= 0.6 is 0 Å². The van der Waals surface area contributed by atoms with Crippen molar-refractivity contribution < 1.29 is 9.59 Å². The van der Waals surface area contributed by atoms with Crippen LogP contribution in [0.2, 0.25) is 0 Å². The van der Waals surface area contributed by atoms with Crippen molar-refractivity contribution >= 4 is 11.8 Å². The Labute approximate surface area is 88.6 Å². The molecule has 0 aromatic carbocycles. The van der Waals surface area contributed by atoms with Gasteiger partial charge in [-0.1, -0.05) is 0 Å². The van der Waals surface area contributed by atoms with Crippen molar-refractivity contribution in [2.24, 2.45) is 23.5 Å². The Balaban J connectivity index is 1.89. The molecule has 2 amide bonds. The van der Waals surface area contributed by atoms with Crippen molar-refractivity contribution in [3.05, 3.63) is 0 Å². The summed E-state index contributed by atoms with van der Waals surface area (Å²) >= 11 is 0. The number of amides is 2. The maximum Gasteiger partial charge on any atom is 0.312 e. The molecule has 0 spiro atoms. The minimum absolute atomic E-state index is 0.143. The summed E-state index contributed by atoms with van der Waals surface area (Å²) in [5, 5.41) is 2.89. The Morgan fingerprint density at radius 3 is 2.40 bits per heavy atom. The van der Waals surface area contributed by atoms with E-state index < -0.39 is 6.03 Å². The minimum Gasteiger partial charge on any atom is -0.352 e. The van der Waals surface area contributed by atoms with Crippen LogP contribution in [0.1, 0.15) is 32.1 Å². The molecule has 2 unspecified atom stereocenters. The highest BCUT2D eigenvalue weighted by atomic mass is 16.2. The number of hydrogen-bond donors (Lipinski definition) is 2. The van der Waals surface area contributed by atoms with Crippen LogP contribution in [-0.4, -0.2) is 17.4 Å². The van der Waals surface area contributed by atoms with E-state index in [0.29, 0.717) is 11.7 Å². The number of rotatable bonds is 1. The zero-order valence-electron chi connectivity index (χ0n) is 8.66. The quantitative estimate of drug-likeness (QED) is 0.669. The molecule has 4 aliphatic carbocycles. The standard InChI is InChI=1S/C11H16N2O2/c12-10(15)13-11-3-6-1-7(4-11)9(14)8(2-6)5-11/h6-8H,1-5H2,(H3,12,13,15). The maximum absolute atomic E-state index is 11.9. The van der Waals surface area contributed by atoms with Crippen LogP contribution in [0, 0.1) is 17.8 Å². The molecule has 0 saturated heterocycles. The number of urea groups is 1. The van der Waals surface area contributed by atoms with Crippen molar-refractivity contribution in [3.8, 4) is 0 Å². The van der Waals surface area contributed by atoms with Gasteiger partial charge in [-0.2, -0.15) is 0 Å². The van der Waals surface area contributed by atoms with Crippen molar-refractivity contribution in [2.75, 3.05) is 0 Å². The Bertz CT molecular complexity index is 321. The fraction of sp³-hybridized carbons (Fsp3) is 0.818. The molecule has 4 bridgehead atoms. The summed E-state index contributed by atoms with van der Waals surface area (Å²) in [5.41, 5.74) is 5.07. The largest absolute Gasteiger partial charge is 0.352 e. The van der Waals surface area contributed by atoms with E-state index in [1.807, 2.05) is 0 Å². The molecule has 0 heterocycles. The van der Waals surface area contributed by atoms with E-state index in [1.54, 1.807) is 0 Å². The van der Waals surface area contributed by atoms with Gasteiger partial charge in [0.25, 0.3) is 0 Å². The average Bonchev–Trinajstić information content (AvgIpc) is 2.10. The van der Waals surface area contributed by atoms with Gasteiger partial charge in [0.2, 0.25) is 0 Å². The van der Waals surface area contributed by atoms with Crippen LogP contribution in [0.4, 0.5) is 4.79 Å². The normalized spacial score (nSPS) is 46.9. The van der Waals surface area contributed by atoms with Crippen molar-refractivity contribution in [2.45, 2.75) is 37.6 Å². The molecular weight excluding hydrogens is 192 g/mol. The molecule has 4 aliphatic rings. The lowest BCUT2D eigenvalue weighted by Crippen LogP contribution is -2.63. The molecule has 0 aromatic heterocycles. The van der Waals surface area contributed by atoms with Crippen LogP contribution < -0.4 is 11.1 Å². The fourth-order valence-electron chi connectivity index (χ4n) is 4.16. The first kappa shape index (κ1) is 9.19. The van der Waals surface area contributed by atoms with Gasteiger partial charge < -0.3 is 11.1 Å². The first-order chi connectivity index (χ1) is 7.08. The fourth-order valence-corrected chi connectivity index (χ4v) is 4.16. The highest BCUT2D eigenvalue weighted by Crippen LogP contribution is 2.53. The number of nitrogens with one attached hydrogen (secondary N) is 1. The molecule has 4 heteroatoms. The summed E-state index contributed by atoms with van der Waals surface area (Å²) < 4.78 is 0. The van der Waals surface area contributed by atoms with Gasteiger partial charge in [0.15, 0.2) is 0 Å². The second-order valence-corrected chi connectivity index (χ2v) is 5.52. The Kier molecular flexibility index (Phi) is 1.68. The zero-order chi connectivity index (χ0) is 10.6. The van der Waals surface area contributed by atoms with E-state index >= 15 is 0 Å². The molecule has 4 fully saturated rings. The molecule has 15 heavy (non-hydrogen) atoms. The van der Waals surface area contributed by atoms with Crippen LogP contribution in [0.5, 0.6) is 0 Å². The monoisotopic (exact) mass is 208 g/mol. The lowest BCUT2D eigenvalue weighted by Gasteiger charge is -2.55. The molecule has 2 atom stereocenters. The van der Waals surface area contributed by atoms with Gasteiger partial charge in [-0.15, -0.1) is 0 Å². The molecule has 4 nitrogen and oxygen atoms in total. The minimum atomic E-state index is -0.440. The van der Waals surface area contributed by atoms with Gasteiger partial charge in [0, 0.05) is 17.4 Å². The predicted octanol–water partition coefficient (Wildman–Crippen LogP) is 0.802. The molecule has 82 valence electrons. The van der Waals surface area contributed by atoms with E-state index in [4.69, 9.17) is 5.73 Å². The second kappa shape index (κ2) is 2.74. The predicted molar refractivity (Wildman–Crippen MR) is 54.0 cm³/mol. The molecule has 0 aromatic rings. The Morgan fingerprint density at radius 2 is 1.87 bits per heavy atom. The third-order valence-electron chi connectivity index (χ3n) is 4.38. The van der Waals surface area contributed by atoms with Crippen LogP contribution in [-0.2, 0) is 4.79 Å². The number of ketones is 1. The van der Waals surface area contributed by atoms with Crippen molar-refractivity contribution in [3.63, 3.8) is 0 Å². The van der Waals surface area contributed by atoms with Crippen molar-refractivity contribution in [1.29, 1.82) is 0 Å². The van der Waals surface area contributed by atoms with Crippen molar-refractivity contribution in [1.82, 2.24) is 5.32 Å². The highest BCUT2D eigenvalue weighted by molar-refractivity contribution is 5.86. The topological polar surface area (TPSA) is 72.2 Å². The molecule has 4 rings (SSSR count). The van der Waals surface area contributed by atoms with Crippen LogP contribution in [0.15, 0.2) is 0 Å². The van der Waals surface area contributed by atoms with E-state index in [-0.39, 0.29) is 17.4 Å². The van der Waals surface area contributed by atoms with Gasteiger partial charge in [-0.05, 0) is 38.0 Å². The van der Waals surface area contributed by atoms with E-state index in [9.17, 15) is 9.59 Å². The highest BCUT2D eigenvalue weighted by Gasteiger charge is 2.55. The molecular formula is C11H16N2O2. The first-order valence-corrected chi connectivity index (χ1v) is 5.69. The number of Topliss-reactive ketones (excluding diaryl/α,β-unsaturated/α-hetero) is 1. The number of primary amides is 1. The third kappa shape index (κ3) is 1.27. The van der Waals surface area contributed by atoms with E-state index in [0.717, 1.165) is 32.1 Å². The van der Waals surface area contributed by atoms with Gasteiger partial charge in [0.1, 0.15) is 5.78 Å². The second-order valence-electron chi connectivity index (χ2n) is 5.52. The number of carbonyl (C=O) groups excluding carboxylic acids is 2. The summed E-state index contributed by atoms with van der Waals surface area (Å²) in [5.74, 6) is 1.46. The van der Waals surface area contributed by atoms with E-state index in [1.165, 1.54) is 0 Å². The summed E-state index contributed by atoms with van der Waals surface area (Å²) in [6, 6.07) is -0.440.